The van der Waals surface area contributed by atoms with E-state index in [4.69, 9.17) is 0 Å². The maximum atomic E-state index is 13.1. The van der Waals surface area contributed by atoms with E-state index in [-0.39, 0.29) is 35.2 Å². The normalized spacial score (nSPS) is 19.8. The lowest BCUT2D eigenvalue weighted by molar-refractivity contribution is 0.0239. The van der Waals surface area contributed by atoms with Crippen LogP contribution in [0.1, 0.15) is 28.9 Å². The highest BCUT2D eigenvalue weighted by molar-refractivity contribution is 6.04. The standard InChI is InChI=1S/C21H22N4O3/c1-25-21(28)17-5-3-2-4-16(17)19(24-25)20(27)23-18(14-11-15(26)12-14)10-13-6-8-22-9-7-13/h2-9,14-15,18,26H,10-12H2,1H3,(H,23,27). The second-order valence-electron chi connectivity index (χ2n) is 7.35. The highest BCUT2D eigenvalue weighted by Gasteiger charge is 2.35. The van der Waals surface area contributed by atoms with Gasteiger partial charge in [0.15, 0.2) is 5.69 Å². The Hall–Kier alpha value is -3.06. The van der Waals surface area contributed by atoms with Gasteiger partial charge in [0.1, 0.15) is 0 Å². The Kier molecular flexibility index (Phi) is 4.92. The van der Waals surface area contributed by atoms with Crippen molar-refractivity contribution in [3.8, 4) is 0 Å². The van der Waals surface area contributed by atoms with E-state index in [9.17, 15) is 14.7 Å². The number of pyridine rings is 1. The van der Waals surface area contributed by atoms with Crippen molar-refractivity contribution in [1.82, 2.24) is 20.1 Å². The molecule has 7 nitrogen and oxygen atoms in total. The fourth-order valence-electron chi connectivity index (χ4n) is 3.77. The molecule has 1 aromatic carbocycles. The van der Waals surface area contributed by atoms with Gasteiger partial charge in [0.05, 0.1) is 11.5 Å². The van der Waals surface area contributed by atoms with Crippen LogP contribution in [0.25, 0.3) is 10.8 Å². The molecule has 1 fully saturated rings. The summed E-state index contributed by atoms with van der Waals surface area (Å²) in [7, 11) is 1.54. The summed E-state index contributed by atoms with van der Waals surface area (Å²) in [6.07, 6.45) is 5.13. The minimum atomic E-state index is -0.313. The maximum absolute atomic E-state index is 13.1. The molecule has 0 saturated heterocycles. The van der Waals surface area contributed by atoms with E-state index < -0.39 is 0 Å². The maximum Gasteiger partial charge on any atom is 0.274 e. The molecule has 4 rings (SSSR count). The Morgan fingerprint density at radius 3 is 2.57 bits per heavy atom. The summed E-state index contributed by atoms with van der Waals surface area (Å²) in [4.78, 5) is 29.4. The summed E-state index contributed by atoms with van der Waals surface area (Å²) >= 11 is 0. The van der Waals surface area contributed by atoms with E-state index in [0.717, 1.165) is 5.56 Å². The van der Waals surface area contributed by atoms with Gasteiger partial charge in [0.25, 0.3) is 11.5 Å². The van der Waals surface area contributed by atoms with Crippen LogP contribution >= 0.6 is 0 Å². The topological polar surface area (TPSA) is 97.1 Å². The molecule has 7 heteroatoms. The lowest BCUT2D eigenvalue weighted by Crippen LogP contribution is -2.48. The van der Waals surface area contributed by atoms with Gasteiger partial charge < -0.3 is 10.4 Å². The zero-order valence-electron chi connectivity index (χ0n) is 15.6. The number of hydrogen-bond acceptors (Lipinski definition) is 5. The van der Waals surface area contributed by atoms with Crippen LogP contribution in [0.15, 0.2) is 53.6 Å². The molecular formula is C21H22N4O3. The molecule has 0 aliphatic heterocycles. The molecule has 1 aliphatic carbocycles. The summed E-state index contributed by atoms with van der Waals surface area (Å²) in [6, 6.07) is 10.7. The van der Waals surface area contributed by atoms with Crippen LogP contribution in [-0.4, -0.2) is 37.9 Å². The van der Waals surface area contributed by atoms with Gasteiger partial charge >= 0.3 is 0 Å². The number of nitrogens with zero attached hydrogens (tertiary/aromatic N) is 3. The molecule has 2 aromatic heterocycles. The zero-order chi connectivity index (χ0) is 19.7. The minimum absolute atomic E-state index is 0.129. The molecule has 0 bridgehead atoms. The van der Waals surface area contributed by atoms with Crippen molar-refractivity contribution in [3.63, 3.8) is 0 Å². The molecule has 28 heavy (non-hydrogen) atoms. The SMILES string of the molecule is Cn1nc(C(=O)NC(Cc2ccncc2)C2CC(O)C2)c2ccccc2c1=O. The number of benzene rings is 1. The van der Waals surface area contributed by atoms with Crippen molar-refractivity contribution in [2.24, 2.45) is 13.0 Å². The fourth-order valence-corrected chi connectivity index (χ4v) is 3.77. The van der Waals surface area contributed by atoms with Gasteiger partial charge in [-0.15, -0.1) is 0 Å². The predicted molar refractivity (Wildman–Crippen MR) is 105 cm³/mol. The molecule has 0 radical (unpaired) electrons. The largest absolute Gasteiger partial charge is 0.393 e. The number of carbonyl (C=O) groups is 1. The molecule has 3 aromatic rings. The first-order chi connectivity index (χ1) is 13.5. The van der Waals surface area contributed by atoms with E-state index >= 15 is 0 Å². The zero-order valence-corrected chi connectivity index (χ0v) is 15.6. The number of carbonyl (C=O) groups excluding carboxylic acids is 1. The number of amides is 1. The molecule has 1 unspecified atom stereocenters. The van der Waals surface area contributed by atoms with Crippen LogP contribution in [0.5, 0.6) is 0 Å². The van der Waals surface area contributed by atoms with Crippen molar-refractivity contribution in [2.75, 3.05) is 0 Å². The highest BCUT2D eigenvalue weighted by atomic mass is 16.3. The summed E-state index contributed by atoms with van der Waals surface area (Å²) < 4.78 is 1.20. The first-order valence-electron chi connectivity index (χ1n) is 9.37. The summed E-state index contributed by atoms with van der Waals surface area (Å²) in [5.74, 6) is -0.113. The second kappa shape index (κ2) is 7.52. The van der Waals surface area contributed by atoms with Gasteiger partial charge in [-0.3, -0.25) is 14.6 Å². The predicted octanol–water partition coefficient (Wildman–Crippen LogP) is 1.44. The number of nitrogens with one attached hydrogen (secondary N) is 1. The third kappa shape index (κ3) is 3.53. The highest BCUT2D eigenvalue weighted by Crippen LogP contribution is 2.32. The summed E-state index contributed by atoms with van der Waals surface area (Å²) in [5.41, 5.74) is 1.07. The van der Waals surface area contributed by atoms with E-state index in [1.165, 1.54) is 4.68 Å². The monoisotopic (exact) mass is 378 g/mol. The third-order valence-corrected chi connectivity index (χ3v) is 5.41. The van der Waals surface area contributed by atoms with Crippen LogP contribution < -0.4 is 10.9 Å². The van der Waals surface area contributed by atoms with Gasteiger partial charge in [-0.05, 0) is 48.9 Å². The smallest absolute Gasteiger partial charge is 0.274 e. The van der Waals surface area contributed by atoms with Crippen LogP contribution in [0.4, 0.5) is 0 Å². The average molecular weight is 378 g/mol. The number of aliphatic hydroxyl groups excluding tert-OH is 1. The Balaban J connectivity index is 1.64. The van der Waals surface area contributed by atoms with Crippen LogP contribution in [0.2, 0.25) is 0 Å². The number of aromatic nitrogens is 3. The van der Waals surface area contributed by atoms with Crippen molar-refractivity contribution in [1.29, 1.82) is 0 Å². The molecule has 1 atom stereocenters. The number of aryl methyl sites for hydroxylation is 1. The van der Waals surface area contributed by atoms with Gasteiger partial charge in [-0.1, -0.05) is 18.2 Å². The van der Waals surface area contributed by atoms with Gasteiger partial charge in [-0.25, -0.2) is 4.68 Å². The first kappa shape index (κ1) is 18.3. The lowest BCUT2D eigenvalue weighted by atomic mass is 9.75. The van der Waals surface area contributed by atoms with Crippen molar-refractivity contribution in [3.05, 3.63) is 70.4 Å². The Morgan fingerprint density at radius 2 is 1.89 bits per heavy atom. The Bertz CT molecular complexity index is 1060. The van der Waals surface area contributed by atoms with Crippen molar-refractivity contribution >= 4 is 16.7 Å². The quantitative estimate of drug-likeness (QED) is 0.700. The molecular weight excluding hydrogens is 356 g/mol. The van der Waals surface area contributed by atoms with E-state index in [2.05, 4.69) is 15.4 Å². The number of rotatable bonds is 5. The molecule has 2 N–H and O–H groups in total. The van der Waals surface area contributed by atoms with Crippen LogP contribution in [-0.2, 0) is 13.5 Å². The van der Waals surface area contributed by atoms with Gasteiger partial charge in [0.2, 0.25) is 0 Å². The Labute approximate surface area is 162 Å². The molecule has 2 heterocycles. The van der Waals surface area contributed by atoms with Crippen LogP contribution in [0.3, 0.4) is 0 Å². The van der Waals surface area contributed by atoms with Crippen molar-refractivity contribution < 1.29 is 9.90 Å². The number of hydrogen-bond donors (Lipinski definition) is 2. The first-order valence-corrected chi connectivity index (χ1v) is 9.37. The second-order valence-corrected chi connectivity index (χ2v) is 7.35. The fraction of sp³-hybridized carbons (Fsp3) is 0.333. The molecule has 144 valence electrons. The Morgan fingerprint density at radius 1 is 1.21 bits per heavy atom. The van der Waals surface area contributed by atoms with Crippen molar-refractivity contribution in [2.45, 2.75) is 31.4 Å². The van der Waals surface area contributed by atoms with Gasteiger partial charge in [0, 0.05) is 30.9 Å². The van der Waals surface area contributed by atoms with E-state index in [1.54, 1.807) is 43.7 Å². The number of aliphatic hydroxyl groups is 1. The molecule has 0 spiro atoms. The summed E-state index contributed by atoms with van der Waals surface area (Å²) in [5, 5.41) is 18.0. The summed E-state index contributed by atoms with van der Waals surface area (Å²) in [6.45, 7) is 0. The third-order valence-electron chi connectivity index (χ3n) is 5.41. The van der Waals surface area contributed by atoms with Gasteiger partial charge in [-0.2, -0.15) is 5.10 Å². The average Bonchev–Trinajstić information content (AvgIpc) is 2.68. The van der Waals surface area contributed by atoms with Crippen LogP contribution in [0, 0.1) is 5.92 Å². The molecule has 1 saturated carbocycles. The number of fused-ring (bicyclic) bond motifs is 1. The van der Waals surface area contributed by atoms with E-state index in [1.807, 2.05) is 12.1 Å². The van der Waals surface area contributed by atoms with E-state index in [0.29, 0.717) is 30.0 Å². The lowest BCUT2D eigenvalue weighted by Gasteiger charge is -2.38. The molecule has 1 amide bonds. The minimum Gasteiger partial charge on any atom is -0.393 e. The molecule has 1 aliphatic rings.